The molecule has 0 bridgehead atoms. The number of ether oxygens (including phenoxy) is 1. The fourth-order valence-corrected chi connectivity index (χ4v) is 2.07. The third-order valence-electron chi connectivity index (χ3n) is 3.31. The molecule has 0 fully saturated rings. The summed E-state index contributed by atoms with van der Waals surface area (Å²) in [6, 6.07) is 17.5. The summed E-state index contributed by atoms with van der Waals surface area (Å²) in [5.74, 6) is 1.90. The molecule has 0 amide bonds. The molecule has 0 spiro atoms. The van der Waals surface area contributed by atoms with Crippen LogP contribution in [-0.4, -0.2) is 16.8 Å². The van der Waals surface area contributed by atoms with Crippen molar-refractivity contribution in [3.05, 3.63) is 54.6 Å². The minimum absolute atomic E-state index is 0.513. The quantitative estimate of drug-likeness (QED) is 0.624. The van der Waals surface area contributed by atoms with Gasteiger partial charge in [0.2, 0.25) is 11.8 Å². The van der Waals surface area contributed by atoms with Gasteiger partial charge in [-0.25, -0.2) is 0 Å². The molecular formula is C18H18N2O2. The Morgan fingerprint density at radius 3 is 2.14 bits per heavy atom. The Balaban J connectivity index is 1.73. The van der Waals surface area contributed by atoms with Crippen molar-refractivity contribution in [2.24, 2.45) is 0 Å². The zero-order valence-electron chi connectivity index (χ0n) is 12.5. The van der Waals surface area contributed by atoms with Crippen LogP contribution in [0.5, 0.6) is 5.75 Å². The summed E-state index contributed by atoms with van der Waals surface area (Å²) < 4.78 is 11.4. The van der Waals surface area contributed by atoms with Crippen LogP contribution < -0.4 is 4.74 Å². The van der Waals surface area contributed by atoms with E-state index in [-0.39, 0.29) is 0 Å². The maximum absolute atomic E-state index is 5.73. The highest BCUT2D eigenvalue weighted by Gasteiger charge is 2.10. The van der Waals surface area contributed by atoms with Crippen LogP contribution in [0.15, 0.2) is 59.0 Å². The summed E-state index contributed by atoms with van der Waals surface area (Å²) in [7, 11) is 0. The van der Waals surface area contributed by atoms with E-state index in [4.69, 9.17) is 9.15 Å². The minimum Gasteiger partial charge on any atom is -0.494 e. The number of unbranched alkanes of at least 4 members (excludes halogenated alkanes) is 1. The second-order valence-electron chi connectivity index (χ2n) is 5.00. The molecule has 0 N–H and O–H groups in total. The van der Waals surface area contributed by atoms with Crippen molar-refractivity contribution >= 4 is 0 Å². The van der Waals surface area contributed by atoms with Crippen molar-refractivity contribution in [2.45, 2.75) is 19.8 Å². The largest absolute Gasteiger partial charge is 0.494 e. The molecule has 1 heterocycles. The molecule has 0 unspecified atom stereocenters. The zero-order chi connectivity index (χ0) is 15.2. The molecule has 0 aliphatic carbocycles. The summed E-state index contributed by atoms with van der Waals surface area (Å²) in [4.78, 5) is 0. The van der Waals surface area contributed by atoms with Gasteiger partial charge in [0.1, 0.15) is 5.75 Å². The van der Waals surface area contributed by atoms with E-state index in [1.165, 1.54) is 0 Å². The molecule has 0 aliphatic heterocycles. The first-order chi connectivity index (χ1) is 10.9. The lowest BCUT2D eigenvalue weighted by atomic mass is 10.2. The summed E-state index contributed by atoms with van der Waals surface area (Å²) >= 11 is 0. The molecule has 112 valence electrons. The van der Waals surface area contributed by atoms with Crippen LogP contribution in [0.2, 0.25) is 0 Å². The van der Waals surface area contributed by atoms with Crippen LogP contribution in [0.25, 0.3) is 22.9 Å². The van der Waals surface area contributed by atoms with E-state index in [1.54, 1.807) is 0 Å². The summed E-state index contributed by atoms with van der Waals surface area (Å²) in [5, 5.41) is 8.21. The summed E-state index contributed by atoms with van der Waals surface area (Å²) in [6.07, 6.45) is 2.19. The molecule has 0 aliphatic rings. The molecule has 1 aromatic heterocycles. The van der Waals surface area contributed by atoms with Gasteiger partial charge in [0.15, 0.2) is 0 Å². The number of hydrogen-bond acceptors (Lipinski definition) is 4. The predicted molar refractivity (Wildman–Crippen MR) is 85.6 cm³/mol. The van der Waals surface area contributed by atoms with E-state index >= 15 is 0 Å². The number of nitrogens with zero attached hydrogens (tertiary/aromatic N) is 2. The fourth-order valence-electron chi connectivity index (χ4n) is 2.07. The smallest absolute Gasteiger partial charge is 0.248 e. The Labute approximate surface area is 129 Å². The van der Waals surface area contributed by atoms with Crippen LogP contribution in [0.4, 0.5) is 0 Å². The number of hydrogen-bond donors (Lipinski definition) is 0. The van der Waals surface area contributed by atoms with Gasteiger partial charge in [-0.2, -0.15) is 0 Å². The van der Waals surface area contributed by atoms with Gasteiger partial charge in [-0.3, -0.25) is 0 Å². The standard InChI is InChI=1S/C18H18N2O2/c1-2-3-13-21-16-11-9-15(10-12-16)18-20-19-17(22-18)14-7-5-4-6-8-14/h4-12H,2-3,13H2,1H3. The van der Waals surface area contributed by atoms with Crippen LogP contribution >= 0.6 is 0 Å². The number of aromatic nitrogens is 2. The first-order valence-corrected chi connectivity index (χ1v) is 7.49. The van der Waals surface area contributed by atoms with E-state index in [2.05, 4.69) is 17.1 Å². The molecule has 22 heavy (non-hydrogen) atoms. The third kappa shape index (κ3) is 3.34. The average Bonchev–Trinajstić information content (AvgIpc) is 3.07. The Kier molecular flexibility index (Phi) is 4.49. The van der Waals surface area contributed by atoms with E-state index in [0.29, 0.717) is 11.8 Å². The van der Waals surface area contributed by atoms with Crippen molar-refractivity contribution in [1.29, 1.82) is 0 Å². The molecule has 0 atom stereocenters. The molecule has 0 saturated heterocycles. The molecule has 3 aromatic rings. The predicted octanol–water partition coefficient (Wildman–Crippen LogP) is 4.58. The molecule has 0 saturated carbocycles. The summed E-state index contributed by atoms with van der Waals surface area (Å²) in [5.41, 5.74) is 1.80. The lowest BCUT2D eigenvalue weighted by molar-refractivity contribution is 0.309. The topological polar surface area (TPSA) is 48.2 Å². The highest BCUT2D eigenvalue weighted by atomic mass is 16.5. The van der Waals surface area contributed by atoms with E-state index < -0.39 is 0 Å². The van der Waals surface area contributed by atoms with Gasteiger partial charge >= 0.3 is 0 Å². The summed E-state index contributed by atoms with van der Waals surface area (Å²) in [6.45, 7) is 2.89. The van der Waals surface area contributed by atoms with Crippen LogP contribution in [0.1, 0.15) is 19.8 Å². The lowest BCUT2D eigenvalue weighted by Gasteiger charge is -2.05. The minimum atomic E-state index is 0.513. The van der Waals surface area contributed by atoms with Crippen molar-refractivity contribution in [1.82, 2.24) is 10.2 Å². The first-order valence-electron chi connectivity index (χ1n) is 7.49. The molecule has 4 heteroatoms. The van der Waals surface area contributed by atoms with Gasteiger partial charge in [0, 0.05) is 11.1 Å². The lowest BCUT2D eigenvalue weighted by Crippen LogP contribution is -1.95. The Morgan fingerprint density at radius 1 is 0.864 bits per heavy atom. The van der Waals surface area contributed by atoms with Crippen molar-refractivity contribution in [2.75, 3.05) is 6.61 Å². The van der Waals surface area contributed by atoms with Crippen molar-refractivity contribution in [3.8, 4) is 28.7 Å². The SMILES string of the molecule is CCCCOc1ccc(-c2nnc(-c3ccccc3)o2)cc1. The first kappa shape index (κ1) is 14.3. The Bertz CT molecular complexity index is 705. The van der Waals surface area contributed by atoms with Crippen molar-refractivity contribution in [3.63, 3.8) is 0 Å². The maximum atomic E-state index is 5.73. The van der Waals surface area contributed by atoms with E-state index in [0.717, 1.165) is 36.3 Å². The van der Waals surface area contributed by atoms with Gasteiger partial charge in [0.05, 0.1) is 6.61 Å². The third-order valence-corrected chi connectivity index (χ3v) is 3.31. The van der Waals surface area contributed by atoms with Gasteiger partial charge in [-0.05, 0) is 42.8 Å². The van der Waals surface area contributed by atoms with E-state index in [9.17, 15) is 0 Å². The van der Waals surface area contributed by atoms with Gasteiger partial charge in [-0.1, -0.05) is 31.5 Å². The number of benzene rings is 2. The van der Waals surface area contributed by atoms with Crippen LogP contribution in [-0.2, 0) is 0 Å². The molecule has 4 nitrogen and oxygen atoms in total. The van der Waals surface area contributed by atoms with E-state index in [1.807, 2.05) is 54.6 Å². The average molecular weight is 294 g/mol. The second kappa shape index (κ2) is 6.89. The van der Waals surface area contributed by atoms with Gasteiger partial charge < -0.3 is 9.15 Å². The number of rotatable bonds is 6. The highest BCUT2D eigenvalue weighted by molar-refractivity contribution is 5.58. The molecule has 2 aromatic carbocycles. The molecule has 3 rings (SSSR count). The van der Waals surface area contributed by atoms with Crippen LogP contribution in [0, 0.1) is 0 Å². The second-order valence-corrected chi connectivity index (χ2v) is 5.00. The van der Waals surface area contributed by atoms with Gasteiger partial charge in [0.25, 0.3) is 0 Å². The Hall–Kier alpha value is -2.62. The monoisotopic (exact) mass is 294 g/mol. The normalized spacial score (nSPS) is 10.6. The Morgan fingerprint density at radius 2 is 1.50 bits per heavy atom. The fraction of sp³-hybridized carbons (Fsp3) is 0.222. The van der Waals surface area contributed by atoms with Crippen LogP contribution in [0.3, 0.4) is 0 Å². The van der Waals surface area contributed by atoms with Gasteiger partial charge in [-0.15, -0.1) is 10.2 Å². The van der Waals surface area contributed by atoms with Crippen molar-refractivity contribution < 1.29 is 9.15 Å². The maximum Gasteiger partial charge on any atom is 0.248 e. The highest BCUT2D eigenvalue weighted by Crippen LogP contribution is 2.25. The molecule has 0 radical (unpaired) electrons. The zero-order valence-corrected chi connectivity index (χ0v) is 12.5. The molecular weight excluding hydrogens is 276 g/mol.